The molecule has 9 heteroatoms. The van der Waals surface area contributed by atoms with Crippen LogP contribution in [0, 0.1) is 0 Å². The Morgan fingerprint density at radius 3 is 2.94 bits per heavy atom. The number of thiazole rings is 1. The first-order valence-electron chi connectivity index (χ1n) is 11.3. The van der Waals surface area contributed by atoms with E-state index in [0.717, 1.165) is 45.8 Å². The van der Waals surface area contributed by atoms with Crippen LogP contribution in [0.5, 0.6) is 0 Å². The number of fused-ring (bicyclic) bond motifs is 1. The van der Waals surface area contributed by atoms with Gasteiger partial charge in [-0.05, 0) is 37.1 Å². The number of hydrogen-bond donors (Lipinski definition) is 1. The van der Waals surface area contributed by atoms with Crippen LogP contribution in [0.25, 0.3) is 21.5 Å². The Morgan fingerprint density at radius 1 is 1.21 bits per heavy atom. The van der Waals surface area contributed by atoms with Crippen molar-refractivity contribution in [3.05, 3.63) is 66.3 Å². The number of carbonyl (C=O) groups is 1. The highest BCUT2D eigenvalue weighted by Gasteiger charge is 2.36. The maximum absolute atomic E-state index is 12.9. The molecule has 34 heavy (non-hydrogen) atoms. The Kier molecular flexibility index (Phi) is 6.21. The number of piperidine rings is 1. The molecule has 1 aliphatic rings. The van der Waals surface area contributed by atoms with E-state index in [2.05, 4.69) is 24.8 Å². The van der Waals surface area contributed by atoms with Crippen molar-refractivity contribution in [2.24, 2.45) is 0 Å². The molecule has 4 aromatic rings. The molecule has 0 radical (unpaired) electrons. The van der Waals surface area contributed by atoms with Gasteiger partial charge in [0.25, 0.3) is 0 Å². The summed E-state index contributed by atoms with van der Waals surface area (Å²) in [7, 11) is 1.75. The molecule has 1 N–H and O–H groups in total. The molecule has 8 nitrogen and oxygen atoms in total. The smallest absolute Gasteiger partial charge is 0.228 e. The molecule has 1 amide bonds. The molecule has 5 rings (SSSR count). The van der Waals surface area contributed by atoms with Crippen LogP contribution in [0.15, 0.2) is 60.6 Å². The molecule has 174 valence electrons. The lowest BCUT2D eigenvalue weighted by molar-refractivity contribution is -0.132. The summed E-state index contributed by atoms with van der Waals surface area (Å²) >= 11 is 1.50. The fourth-order valence-corrected chi connectivity index (χ4v) is 5.34. The van der Waals surface area contributed by atoms with Crippen molar-refractivity contribution in [1.82, 2.24) is 24.8 Å². The molecule has 1 unspecified atom stereocenters. The molecule has 0 saturated carbocycles. The molecule has 1 fully saturated rings. The number of pyridine rings is 3. The Labute approximate surface area is 202 Å². The average Bonchev–Trinajstić information content (AvgIpc) is 3.32. The third kappa shape index (κ3) is 4.76. The lowest BCUT2D eigenvalue weighted by Crippen LogP contribution is -2.55. The van der Waals surface area contributed by atoms with Crippen molar-refractivity contribution in [2.75, 3.05) is 31.6 Å². The van der Waals surface area contributed by atoms with Gasteiger partial charge in [0, 0.05) is 73.1 Å². The van der Waals surface area contributed by atoms with Gasteiger partial charge in [-0.25, -0.2) is 4.98 Å². The average molecular weight is 475 g/mol. The highest BCUT2D eigenvalue weighted by Crippen LogP contribution is 2.31. The largest absolute Gasteiger partial charge is 0.386 e. The van der Waals surface area contributed by atoms with Crippen molar-refractivity contribution in [1.29, 1.82) is 0 Å². The van der Waals surface area contributed by atoms with Gasteiger partial charge in [0.1, 0.15) is 5.01 Å². The lowest BCUT2D eigenvalue weighted by atomic mass is 9.91. The fourth-order valence-electron chi connectivity index (χ4n) is 4.53. The predicted molar refractivity (Wildman–Crippen MR) is 133 cm³/mol. The highest BCUT2D eigenvalue weighted by molar-refractivity contribution is 7.13. The van der Waals surface area contributed by atoms with Crippen molar-refractivity contribution in [2.45, 2.75) is 24.9 Å². The second-order valence-corrected chi connectivity index (χ2v) is 9.64. The van der Waals surface area contributed by atoms with Crippen LogP contribution >= 0.6 is 11.3 Å². The van der Waals surface area contributed by atoms with E-state index in [4.69, 9.17) is 0 Å². The number of amides is 1. The van der Waals surface area contributed by atoms with Gasteiger partial charge in [-0.15, -0.1) is 11.3 Å². The number of rotatable bonds is 6. The molecule has 0 bridgehead atoms. The van der Waals surface area contributed by atoms with Crippen LogP contribution in [0.2, 0.25) is 0 Å². The number of hydrogen-bond acceptors (Lipinski definition) is 8. The van der Waals surface area contributed by atoms with E-state index in [1.165, 1.54) is 11.3 Å². The topological polar surface area (TPSA) is 95.3 Å². The first-order chi connectivity index (χ1) is 16.5. The van der Waals surface area contributed by atoms with E-state index in [1.807, 2.05) is 35.8 Å². The Balaban J connectivity index is 1.25. The molecule has 1 saturated heterocycles. The zero-order chi connectivity index (χ0) is 23.5. The normalized spacial score (nSPS) is 18.2. The van der Waals surface area contributed by atoms with Crippen molar-refractivity contribution >= 4 is 33.8 Å². The summed E-state index contributed by atoms with van der Waals surface area (Å²) in [5, 5.41) is 15.1. The van der Waals surface area contributed by atoms with Gasteiger partial charge in [-0.3, -0.25) is 19.7 Å². The SMILES string of the molecule is CN(CC1(O)CCCN(c2ccnc3ccncc23)C1)C(=O)Cc1csc(-c2cccnc2)n1. The summed E-state index contributed by atoms with van der Waals surface area (Å²) < 4.78 is 0. The third-order valence-electron chi connectivity index (χ3n) is 6.17. The molecule has 1 atom stereocenters. The van der Waals surface area contributed by atoms with Crippen LogP contribution in [0.3, 0.4) is 0 Å². The lowest BCUT2D eigenvalue weighted by Gasteiger charge is -2.42. The standard InChI is InChI=1S/C25H26N6O2S/c1-30(23(32)12-19-15-34-24(29-19)18-4-2-8-26-13-18)16-25(33)7-3-11-31(17-25)22-6-10-28-21-5-9-27-14-20(21)22/h2,4-6,8-10,13-15,33H,3,7,11-12,16-17H2,1H3. The van der Waals surface area contributed by atoms with Gasteiger partial charge in [0.2, 0.25) is 5.91 Å². The molecule has 5 heterocycles. The number of nitrogens with zero attached hydrogens (tertiary/aromatic N) is 6. The maximum atomic E-state index is 12.9. The first-order valence-corrected chi connectivity index (χ1v) is 12.1. The van der Waals surface area contributed by atoms with Gasteiger partial charge < -0.3 is 14.9 Å². The van der Waals surface area contributed by atoms with E-state index in [0.29, 0.717) is 13.0 Å². The van der Waals surface area contributed by atoms with E-state index in [1.54, 1.807) is 36.7 Å². The maximum Gasteiger partial charge on any atom is 0.228 e. The summed E-state index contributed by atoms with van der Waals surface area (Å²) in [5.74, 6) is -0.0628. The minimum Gasteiger partial charge on any atom is -0.386 e. The minimum absolute atomic E-state index is 0.0628. The zero-order valence-corrected chi connectivity index (χ0v) is 19.8. The number of aromatic nitrogens is 4. The summed E-state index contributed by atoms with van der Waals surface area (Å²) in [6, 6.07) is 7.68. The summed E-state index contributed by atoms with van der Waals surface area (Å²) in [4.78, 5) is 34.1. The van der Waals surface area contributed by atoms with Crippen LogP contribution in [0.4, 0.5) is 5.69 Å². The van der Waals surface area contributed by atoms with Crippen molar-refractivity contribution in [3.63, 3.8) is 0 Å². The van der Waals surface area contributed by atoms with E-state index < -0.39 is 5.60 Å². The minimum atomic E-state index is -0.997. The highest BCUT2D eigenvalue weighted by atomic mass is 32.1. The van der Waals surface area contributed by atoms with Crippen molar-refractivity contribution < 1.29 is 9.90 Å². The Bertz CT molecular complexity index is 1290. The second kappa shape index (κ2) is 9.44. The summed E-state index contributed by atoms with van der Waals surface area (Å²) in [5.41, 5.74) is 2.56. The molecular formula is C25H26N6O2S. The van der Waals surface area contributed by atoms with Gasteiger partial charge in [0.05, 0.1) is 29.8 Å². The fraction of sp³-hybridized carbons (Fsp3) is 0.320. The van der Waals surface area contributed by atoms with E-state index in [-0.39, 0.29) is 18.9 Å². The number of anilines is 1. The molecule has 0 spiro atoms. The number of carbonyl (C=O) groups excluding carboxylic acids is 1. The van der Waals surface area contributed by atoms with Gasteiger partial charge in [-0.2, -0.15) is 0 Å². The molecule has 1 aliphatic heterocycles. The predicted octanol–water partition coefficient (Wildman–Crippen LogP) is 3.18. The number of likely N-dealkylation sites (N-methyl/N-ethyl adjacent to an activating group) is 1. The van der Waals surface area contributed by atoms with Crippen LogP contribution in [0.1, 0.15) is 18.5 Å². The van der Waals surface area contributed by atoms with Crippen molar-refractivity contribution in [3.8, 4) is 10.6 Å². The van der Waals surface area contributed by atoms with Gasteiger partial charge >= 0.3 is 0 Å². The third-order valence-corrected chi connectivity index (χ3v) is 7.11. The monoisotopic (exact) mass is 474 g/mol. The number of β-amino-alcohol motifs (C(OH)–C–C–N with tert-alkyl or cyclic N) is 1. The van der Waals surface area contributed by atoms with Crippen LogP contribution in [-0.4, -0.2) is 68.1 Å². The second-order valence-electron chi connectivity index (χ2n) is 8.78. The van der Waals surface area contributed by atoms with Gasteiger partial charge in [0.15, 0.2) is 0 Å². The van der Waals surface area contributed by atoms with Gasteiger partial charge in [-0.1, -0.05) is 0 Å². The molecule has 0 aliphatic carbocycles. The summed E-state index contributed by atoms with van der Waals surface area (Å²) in [6.07, 6.45) is 10.5. The van der Waals surface area contributed by atoms with E-state index in [9.17, 15) is 9.90 Å². The molecule has 0 aromatic carbocycles. The molecular weight excluding hydrogens is 448 g/mol. The Hall–Kier alpha value is -3.43. The van der Waals surface area contributed by atoms with Crippen LogP contribution in [-0.2, 0) is 11.2 Å². The first kappa shape index (κ1) is 22.4. The number of aliphatic hydroxyl groups is 1. The Morgan fingerprint density at radius 2 is 2.09 bits per heavy atom. The van der Waals surface area contributed by atoms with E-state index >= 15 is 0 Å². The summed E-state index contributed by atoms with van der Waals surface area (Å²) in [6.45, 7) is 1.55. The quantitative estimate of drug-likeness (QED) is 0.459. The zero-order valence-electron chi connectivity index (χ0n) is 19.0. The van der Waals surface area contributed by atoms with Crippen LogP contribution < -0.4 is 4.90 Å². The molecule has 4 aromatic heterocycles.